The minimum absolute atomic E-state index is 0.265. The number of hydrogen-bond donors (Lipinski definition) is 1. The molecule has 3 aromatic carbocycles. The normalized spacial score (nSPS) is 13.6. The van der Waals surface area contributed by atoms with Crippen LogP contribution < -0.4 is 15.0 Å². The van der Waals surface area contributed by atoms with E-state index in [4.69, 9.17) is 4.74 Å². The molecule has 0 fully saturated rings. The smallest absolute Gasteiger partial charge is 0.282 e. The van der Waals surface area contributed by atoms with E-state index >= 15 is 0 Å². The van der Waals surface area contributed by atoms with Gasteiger partial charge in [-0.2, -0.15) is 0 Å². The van der Waals surface area contributed by atoms with Crippen molar-refractivity contribution in [2.24, 2.45) is 0 Å². The third-order valence-corrected chi connectivity index (χ3v) is 5.57. The Labute approximate surface area is 194 Å². The average molecular weight is 441 g/mol. The van der Waals surface area contributed by atoms with E-state index in [0.29, 0.717) is 29.3 Å². The van der Waals surface area contributed by atoms with E-state index in [0.717, 1.165) is 28.7 Å². The van der Waals surface area contributed by atoms with Gasteiger partial charge in [-0.05, 0) is 68.1 Å². The number of carbonyl (C=O) groups excluding carboxylic acids is 2. The minimum Gasteiger partial charge on any atom is -0.494 e. The molecule has 5 heteroatoms. The first-order chi connectivity index (χ1) is 15.9. The highest BCUT2D eigenvalue weighted by atomic mass is 16.5. The number of aryl methyl sites for hydroxylation is 3. The first-order valence-corrected chi connectivity index (χ1v) is 11.2. The summed E-state index contributed by atoms with van der Waals surface area (Å²) in [6, 6.07) is 20.7. The van der Waals surface area contributed by atoms with Crippen LogP contribution in [0.2, 0.25) is 0 Å². The zero-order valence-electron chi connectivity index (χ0n) is 19.4. The monoisotopic (exact) mass is 440 g/mol. The van der Waals surface area contributed by atoms with E-state index < -0.39 is 0 Å². The van der Waals surface area contributed by atoms with E-state index in [2.05, 4.69) is 5.32 Å². The Balaban J connectivity index is 1.80. The van der Waals surface area contributed by atoms with Crippen LogP contribution in [-0.2, 0) is 9.59 Å². The minimum atomic E-state index is -0.375. The number of anilines is 2. The van der Waals surface area contributed by atoms with E-state index in [-0.39, 0.29) is 17.5 Å². The Morgan fingerprint density at radius 2 is 1.61 bits per heavy atom. The number of ether oxygens (including phenoxy) is 1. The van der Waals surface area contributed by atoms with Crippen molar-refractivity contribution in [2.45, 2.75) is 34.1 Å². The predicted molar refractivity (Wildman–Crippen MR) is 132 cm³/mol. The quantitative estimate of drug-likeness (QED) is 0.472. The van der Waals surface area contributed by atoms with Gasteiger partial charge in [0.25, 0.3) is 11.8 Å². The number of benzene rings is 3. The Kier molecular flexibility index (Phi) is 6.31. The van der Waals surface area contributed by atoms with E-state index in [9.17, 15) is 9.59 Å². The Bertz CT molecular complexity index is 1260. The number of imide groups is 1. The van der Waals surface area contributed by atoms with Crippen molar-refractivity contribution >= 4 is 28.8 Å². The fourth-order valence-corrected chi connectivity index (χ4v) is 4.02. The van der Waals surface area contributed by atoms with Gasteiger partial charge >= 0.3 is 0 Å². The van der Waals surface area contributed by atoms with Crippen molar-refractivity contribution in [2.75, 3.05) is 16.8 Å². The number of rotatable bonds is 7. The Hall–Kier alpha value is -3.86. The van der Waals surface area contributed by atoms with Gasteiger partial charge in [-0.3, -0.25) is 9.59 Å². The van der Waals surface area contributed by atoms with Crippen molar-refractivity contribution < 1.29 is 14.3 Å². The summed E-state index contributed by atoms with van der Waals surface area (Å²) in [5, 5.41) is 3.23. The van der Waals surface area contributed by atoms with Crippen molar-refractivity contribution in [3.8, 4) is 5.75 Å². The number of nitrogens with one attached hydrogen (secondary N) is 1. The molecule has 0 unspecified atom stereocenters. The van der Waals surface area contributed by atoms with Crippen LogP contribution in [0.4, 0.5) is 11.4 Å². The fraction of sp³-hybridized carbons (Fsp3) is 0.214. The lowest BCUT2D eigenvalue weighted by molar-refractivity contribution is -0.120. The van der Waals surface area contributed by atoms with E-state index in [1.165, 1.54) is 4.90 Å². The first-order valence-electron chi connectivity index (χ1n) is 11.2. The summed E-state index contributed by atoms with van der Waals surface area (Å²) in [6.07, 6.45) is 0.901. The van der Waals surface area contributed by atoms with Crippen LogP contribution in [-0.4, -0.2) is 18.4 Å². The second-order valence-corrected chi connectivity index (χ2v) is 8.35. The number of carbonyl (C=O) groups is 2. The molecule has 0 aromatic heterocycles. The summed E-state index contributed by atoms with van der Waals surface area (Å²) >= 11 is 0. The number of nitrogens with zero attached hydrogens (tertiary/aromatic N) is 1. The standard InChI is InChI=1S/C28H28N2O3/c1-5-14-33-23-11-7-9-21(17-23)29-26-25(24-13-12-19(3)15-20(24)4)27(31)30(28(26)32)22-10-6-8-18(2)16-22/h6-13,15-17,29H,5,14H2,1-4H3. The molecular weight excluding hydrogens is 412 g/mol. The summed E-state index contributed by atoms with van der Waals surface area (Å²) < 4.78 is 5.74. The van der Waals surface area contributed by atoms with E-state index in [1.54, 1.807) is 6.07 Å². The van der Waals surface area contributed by atoms with Crippen LogP contribution in [0.5, 0.6) is 5.75 Å². The first kappa shape index (κ1) is 22.3. The van der Waals surface area contributed by atoms with Crippen LogP contribution in [0, 0.1) is 20.8 Å². The largest absolute Gasteiger partial charge is 0.494 e. The highest BCUT2D eigenvalue weighted by molar-refractivity contribution is 6.46. The molecular formula is C28H28N2O3. The van der Waals surface area contributed by atoms with Gasteiger partial charge in [0.2, 0.25) is 0 Å². The van der Waals surface area contributed by atoms with E-state index in [1.807, 2.05) is 88.4 Å². The van der Waals surface area contributed by atoms with Gasteiger partial charge in [-0.1, -0.05) is 48.9 Å². The molecule has 3 aromatic rings. The Morgan fingerprint density at radius 1 is 0.848 bits per heavy atom. The van der Waals surface area contributed by atoms with Gasteiger partial charge in [0.1, 0.15) is 11.4 Å². The van der Waals surface area contributed by atoms with Gasteiger partial charge in [0, 0.05) is 11.8 Å². The number of amides is 2. The van der Waals surface area contributed by atoms with Gasteiger partial charge in [0.15, 0.2) is 0 Å². The van der Waals surface area contributed by atoms with Gasteiger partial charge < -0.3 is 10.1 Å². The maximum atomic E-state index is 13.7. The van der Waals surface area contributed by atoms with Gasteiger partial charge in [-0.15, -0.1) is 0 Å². The molecule has 0 bridgehead atoms. The molecule has 1 aliphatic heterocycles. The molecule has 0 saturated carbocycles. The molecule has 0 aliphatic carbocycles. The lowest BCUT2D eigenvalue weighted by Crippen LogP contribution is -2.32. The van der Waals surface area contributed by atoms with Crippen LogP contribution in [0.1, 0.15) is 35.6 Å². The van der Waals surface area contributed by atoms with Crippen LogP contribution in [0.3, 0.4) is 0 Å². The van der Waals surface area contributed by atoms with Crippen molar-refractivity contribution in [3.63, 3.8) is 0 Å². The molecule has 2 amide bonds. The molecule has 1 N–H and O–H groups in total. The second kappa shape index (κ2) is 9.33. The molecule has 0 radical (unpaired) electrons. The van der Waals surface area contributed by atoms with Crippen molar-refractivity contribution in [3.05, 3.63) is 94.7 Å². The second-order valence-electron chi connectivity index (χ2n) is 8.35. The molecule has 1 aliphatic rings. The summed E-state index contributed by atoms with van der Waals surface area (Å²) in [4.78, 5) is 28.5. The molecule has 4 rings (SSSR count). The van der Waals surface area contributed by atoms with Crippen LogP contribution >= 0.6 is 0 Å². The van der Waals surface area contributed by atoms with Crippen LogP contribution in [0.15, 0.2) is 72.4 Å². The molecule has 1 heterocycles. The Morgan fingerprint density at radius 3 is 2.33 bits per heavy atom. The lowest BCUT2D eigenvalue weighted by Gasteiger charge is -2.16. The molecule has 33 heavy (non-hydrogen) atoms. The summed E-state index contributed by atoms with van der Waals surface area (Å²) in [7, 11) is 0. The van der Waals surface area contributed by atoms with Crippen LogP contribution in [0.25, 0.3) is 5.57 Å². The predicted octanol–water partition coefficient (Wildman–Crippen LogP) is 5.80. The third-order valence-electron chi connectivity index (χ3n) is 5.57. The molecule has 5 nitrogen and oxygen atoms in total. The molecule has 0 saturated heterocycles. The maximum absolute atomic E-state index is 13.7. The highest BCUT2D eigenvalue weighted by Crippen LogP contribution is 2.35. The molecule has 168 valence electrons. The van der Waals surface area contributed by atoms with Gasteiger partial charge in [-0.25, -0.2) is 4.90 Å². The molecule has 0 atom stereocenters. The number of hydrogen-bond acceptors (Lipinski definition) is 4. The van der Waals surface area contributed by atoms with Gasteiger partial charge in [0.05, 0.1) is 17.9 Å². The maximum Gasteiger partial charge on any atom is 0.282 e. The lowest BCUT2D eigenvalue weighted by atomic mass is 9.97. The van der Waals surface area contributed by atoms with Crippen molar-refractivity contribution in [1.82, 2.24) is 0 Å². The zero-order valence-corrected chi connectivity index (χ0v) is 19.4. The average Bonchev–Trinajstić information content (AvgIpc) is 3.02. The van der Waals surface area contributed by atoms with Crippen molar-refractivity contribution in [1.29, 1.82) is 0 Å². The zero-order chi connectivity index (χ0) is 23.5. The summed E-state index contributed by atoms with van der Waals surface area (Å²) in [6.45, 7) is 8.56. The third kappa shape index (κ3) is 4.53. The summed E-state index contributed by atoms with van der Waals surface area (Å²) in [5.41, 5.74) is 5.64. The SMILES string of the molecule is CCCOc1cccc(NC2=C(c3ccc(C)cc3C)C(=O)N(c3cccc(C)c3)C2=O)c1. The fourth-order valence-electron chi connectivity index (χ4n) is 4.02. The summed E-state index contributed by atoms with van der Waals surface area (Å²) in [5.74, 6) is 0.00160. The topological polar surface area (TPSA) is 58.6 Å². The highest BCUT2D eigenvalue weighted by Gasteiger charge is 2.40. The molecule has 0 spiro atoms.